The summed E-state index contributed by atoms with van der Waals surface area (Å²) in [6, 6.07) is 0.708. The molecule has 0 aliphatic carbocycles. The molecule has 1 N–H and O–H groups in total. The third kappa shape index (κ3) is 7.22. The smallest absolute Gasteiger partial charge is 0.303 e. The fourth-order valence-corrected chi connectivity index (χ4v) is 2.64. The van der Waals surface area contributed by atoms with E-state index in [1.807, 2.05) is 0 Å². The van der Waals surface area contributed by atoms with Crippen molar-refractivity contribution >= 4 is 18.4 Å². The predicted molar refractivity (Wildman–Crippen MR) is 77.4 cm³/mol. The number of halogens is 1. The summed E-state index contributed by atoms with van der Waals surface area (Å²) in [5, 5.41) is 8.67. The van der Waals surface area contributed by atoms with Crippen molar-refractivity contribution < 1.29 is 9.90 Å². The predicted octanol–water partition coefficient (Wildman–Crippen LogP) is 3.56. The molecule has 0 spiro atoms. The highest BCUT2D eigenvalue weighted by Crippen LogP contribution is 2.22. The summed E-state index contributed by atoms with van der Waals surface area (Å²) < 4.78 is 0. The number of piperidine rings is 1. The fraction of sp³-hybridized carbons (Fsp3) is 0.929. The molecule has 108 valence electrons. The van der Waals surface area contributed by atoms with Crippen molar-refractivity contribution in [3.05, 3.63) is 0 Å². The molecule has 1 fully saturated rings. The Morgan fingerprint density at radius 1 is 1.39 bits per heavy atom. The maximum atomic E-state index is 10.5. The van der Waals surface area contributed by atoms with Crippen LogP contribution in [0.5, 0.6) is 0 Å². The molecular formula is C14H28ClNO2. The maximum Gasteiger partial charge on any atom is 0.303 e. The van der Waals surface area contributed by atoms with E-state index in [0.717, 1.165) is 18.9 Å². The third-order valence-corrected chi connectivity index (χ3v) is 3.66. The van der Waals surface area contributed by atoms with Crippen LogP contribution in [0.25, 0.3) is 0 Å². The van der Waals surface area contributed by atoms with Crippen LogP contribution in [0.15, 0.2) is 0 Å². The van der Waals surface area contributed by atoms with E-state index < -0.39 is 5.97 Å². The van der Waals surface area contributed by atoms with Gasteiger partial charge in [0.25, 0.3) is 0 Å². The highest BCUT2D eigenvalue weighted by atomic mass is 35.5. The first-order valence-electron chi connectivity index (χ1n) is 7.05. The summed E-state index contributed by atoms with van der Waals surface area (Å²) in [6.45, 7) is 6.69. The molecule has 0 radical (unpaired) electrons. The summed E-state index contributed by atoms with van der Waals surface area (Å²) in [5.74, 6) is 0.110. The molecule has 0 bridgehead atoms. The molecule has 0 aromatic heterocycles. The first kappa shape index (κ1) is 17.7. The molecule has 1 rings (SSSR count). The monoisotopic (exact) mass is 277 g/mol. The first-order valence-corrected chi connectivity index (χ1v) is 7.05. The summed E-state index contributed by atoms with van der Waals surface area (Å²) >= 11 is 0. The second-order valence-corrected chi connectivity index (χ2v) is 5.65. The molecule has 0 aromatic rings. The topological polar surface area (TPSA) is 40.5 Å². The average molecular weight is 278 g/mol. The van der Waals surface area contributed by atoms with Crippen molar-refractivity contribution in [2.24, 2.45) is 5.92 Å². The highest BCUT2D eigenvalue weighted by Gasteiger charge is 2.21. The molecule has 1 aliphatic rings. The van der Waals surface area contributed by atoms with Gasteiger partial charge in [-0.2, -0.15) is 0 Å². The number of nitrogens with zero attached hydrogens (tertiary/aromatic N) is 1. The van der Waals surface area contributed by atoms with Gasteiger partial charge in [-0.15, -0.1) is 12.4 Å². The molecule has 1 unspecified atom stereocenters. The Labute approximate surface area is 117 Å². The van der Waals surface area contributed by atoms with Crippen LogP contribution in [0.2, 0.25) is 0 Å². The van der Waals surface area contributed by atoms with Crippen LogP contribution in [0.3, 0.4) is 0 Å². The molecule has 3 nitrogen and oxygen atoms in total. The van der Waals surface area contributed by atoms with E-state index >= 15 is 0 Å². The molecule has 18 heavy (non-hydrogen) atoms. The minimum absolute atomic E-state index is 0. The zero-order chi connectivity index (χ0) is 12.7. The van der Waals surface area contributed by atoms with Crippen molar-refractivity contribution in [2.45, 2.75) is 64.8 Å². The number of likely N-dealkylation sites (tertiary alicyclic amines) is 1. The number of carboxylic acid groups (broad SMARTS) is 1. The molecule has 1 atom stereocenters. The fourth-order valence-electron chi connectivity index (χ4n) is 2.64. The number of carboxylic acids is 1. The number of carbonyl (C=O) groups is 1. The van der Waals surface area contributed by atoms with E-state index in [9.17, 15) is 4.79 Å². The van der Waals surface area contributed by atoms with E-state index in [1.54, 1.807) is 0 Å². The molecule has 1 aliphatic heterocycles. The highest BCUT2D eigenvalue weighted by molar-refractivity contribution is 5.85. The molecule has 4 heteroatoms. The van der Waals surface area contributed by atoms with Gasteiger partial charge in [-0.1, -0.05) is 20.3 Å². The largest absolute Gasteiger partial charge is 0.481 e. The summed E-state index contributed by atoms with van der Waals surface area (Å²) in [7, 11) is 0. The summed E-state index contributed by atoms with van der Waals surface area (Å²) in [5.41, 5.74) is 0. The van der Waals surface area contributed by atoms with Crippen molar-refractivity contribution in [2.75, 3.05) is 13.1 Å². The zero-order valence-electron chi connectivity index (χ0n) is 11.7. The lowest BCUT2D eigenvalue weighted by Gasteiger charge is -2.36. The molecule has 0 saturated carbocycles. The first-order chi connectivity index (χ1) is 8.09. The Balaban J connectivity index is 0.00000289. The number of rotatable bonds is 7. The van der Waals surface area contributed by atoms with Crippen LogP contribution in [-0.4, -0.2) is 35.1 Å². The normalized spacial score (nSPS) is 20.7. The molecular weight excluding hydrogens is 250 g/mol. The van der Waals surface area contributed by atoms with Crippen molar-refractivity contribution in [1.82, 2.24) is 4.90 Å². The quantitative estimate of drug-likeness (QED) is 0.773. The molecule has 1 heterocycles. The standard InChI is InChI=1S/C14H27NO2.ClH/c1-12(2)8-9-13-6-3-4-10-15(13)11-5-7-14(16)17;/h12-13H,3-11H2,1-2H3,(H,16,17);1H. The Morgan fingerprint density at radius 2 is 2.11 bits per heavy atom. The Kier molecular flexibility index (Phi) is 9.47. The SMILES string of the molecule is CC(C)CCC1CCCCN1CCCC(=O)O.Cl. The lowest BCUT2D eigenvalue weighted by Crippen LogP contribution is -2.40. The number of aliphatic carboxylic acids is 1. The minimum Gasteiger partial charge on any atom is -0.481 e. The van der Waals surface area contributed by atoms with Gasteiger partial charge in [0.2, 0.25) is 0 Å². The van der Waals surface area contributed by atoms with Gasteiger partial charge < -0.3 is 10.0 Å². The third-order valence-electron chi connectivity index (χ3n) is 3.66. The van der Waals surface area contributed by atoms with Crippen LogP contribution in [0, 0.1) is 5.92 Å². The van der Waals surface area contributed by atoms with Crippen LogP contribution in [-0.2, 0) is 4.79 Å². The Bertz CT molecular complexity index is 234. The van der Waals surface area contributed by atoms with Gasteiger partial charge in [-0.3, -0.25) is 4.79 Å². The lowest BCUT2D eigenvalue weighted by molar-refractivity contribution is -0.137. The van der Waals surface area contributed by atoms with Crippen LogP contribution in [0.1, 0.15) is 58.8 Å². The Hall–Kier alpha value is -0.280. The van der Waals surface area contributed by atoms with Gasteiger partial charge in [-0.05, 0) is 51.1 Å². The van der Waals surface area contributed by atoms with Crippen LogP contribution in [0.4, 0.5) is 0 Å². The second-order valence-electron chi connectivity index (χ2n) is 5.65. The van der Waals surface area contributed by atoms with Gasteiger partial charge >= 0.3 is 5.97 Å². The molecule has 1 saturated heterocycles. The lowest BCUT2D eigenvalue weighted by atomic mass is 9.94. The minimum atomic E-state index is -0.666. The van der Waals surface area contributed by atoms with Gasteiger partial charge in [0.05, 0.1) is 0 Å². The van der Waals surface area contributed by atoms with E-state index in [2.05, 4.69) is 18.7 Å². The van der Waals surface area contributed by atoms with E-state index in [-0.39, 0.29) is 12.4 Å². The van der Waals surface area contributed by atoms with Gasteiger partial charge in [-0.25, -0.2) is 0 Å². The van der Waals surface area contributed by atoms with Gasteiger partial charge in [0.15, 0.2) is 0 Å². The molecule has 0 amide bonds. The Morgan fingerprint density at radius 3 is 2.72 bits per heavy atom. The maximum absolute atomic E-state index is 10.5. The summed E-state index contributed by atoms with van der Waals surface area (Å²) in [4.78, 5) is 13.0. The number of hydrogen-bond donors (Lipinski definition) is 1. The van der Waals surface area contributed by atoms with Crippen molar-refractivity contribution in [1.29, 1.82) is 0 Å². The summed E-state index contributed by atoms with van der Waals surface area (Å²) in [6.07, 6.45) is 7.62. The van der Waals surface area contributed by atoms with Crippen LogP contribution < -0.4 is 0 Å². The van der Waals surface area contributed by atoms with E-state index in [0.29, 0.717) is 12.5 Å². The van der Waals surface area contributed by atoms with Gasteiger partial charge in [0.1, 0.15) is 0 Å². The van der Waals surface area contributed by atoms with Crippen molar-refractivity contribution in [3.8, 4) is 0 Å². The molecule has 0 aromatic carbocycles. The zero-order valence-corrected chi connectivity index (χ0v) is 12.5. The van der Waals surface area contributed by atoms with Crippen molar-refractivity contribution in [3.63, 3.8) is 0 Å². The van der Waals surface area contributed by atoms with E-state index in [1.165, 1.54) is 38.6 Å². The average Bonchev–Trinajstić information content (AvgIpc) is 2.27. The second kappa shape index (κ2) is 9.62. The van der Waals surface area contributed by atoms with E-state index in [4.69, 9.17) is 5.11 Å². The number of hydrogen-bond acceptors (Lipinski definition) is 2. The van der Waals surface area contributed by atoms with Crippen LogP contribution >= 0.6 is 12.4 Å². The van der Waals surface area contributed by atoms with Gasteiger partial charge in [0, 0.05) is 12.5 Å².